The first-order valence-electron chi connectivity index (χ1n) is 10.3. The smallest absolute Gasteiger partial charge is 0.283 e. The summed E-state index contributed by atoms with van der Waals surface area (Å²) in [6.07, 6.45) is 2.99. The Morgan fingerprint density at radius 3 is 2.69 bits per heavy atom. The third kappa shape index (κ3) is 5.49. The molecule has 0 bridgehead atoms. The molecule has 0 spiro atoms. The van der Waals surface area contributed by atoms with Crippen molar-refractivity contribution >= 4 is 57.6 Å². The van der Waals surface area contributed by atoms with E-state index in [4.69, 9.17) is 11.6 Å². The molecule has 3 aromatic carbocycles. The molecular formula is C26H17ClN4O3S. The molecule has 0 radical (unpaired) electrons. The number of carbonyl (C=O) groups excluding carboxylic acids is 1. The standard InChI is InChI=1S/C26H17ClN4O3S/c1-16-7-9-20(14-21(16)27)30-26(32)19(15-28)12-17-8-10-23(22(13-17)31(33)34)35-24-6-2-4-18-5-3-11-29-25(18)24/h2-14H,1H3,(H,30,32)/b19-12+. The Labute approximate surface area is 210 Å². The molecule has 1 amide bonds. The van der Waals surface area contributed by atoms with E-state index in [0.717, 1.165) is 21.4 Å². The number of nitro groups is 1. The van der Waals surface area contributed by atoms with Crippen LogP contribution in [0.2, 0.25) is 5.02 Å². The molecule has 0 atom stereocenters. The molecule has 7 nitrogen and oxygen atoms in total. The van der Waals surface area contributed by atoms with Crippen molar-refractivity contribution in [2.24, 2.45) is 0 Å². The highest BCUT2D eigenvalue weighted by atomic mass is 35.5. The Morgan fingerprint density at radius 2 is 1.94 bits per heavy atom. The number of hydrogen-bond acceptors (Lipinski definition) is 6. The lowest BCUT2D eigenvalue weighted by Crippen LogP contribution is -2.13. The SMILES string of the molecule is Cc1ccc(NC(=O)/C(C#N)=C/c2ccc(Sc3cccc4cccnc34)c([N+](=O)[O-])c2)cc1Cl. The van der Waals surface area contributed by atoms with Crippen LogP contribution in [0.3, 0.4) is 0 Å². The number of nitro benzene ring substituents is 1. The van der Waals surface area contributed by atoms with Crippen LogP contribution in [0.5, 0.6) is 0 Å². The normalized spacial score (nSPS) is 11.2. The number of rotatable bonds is 6. The van der Waals surface area contributed by atoms with Gasteiger partial charge in [0.25, 0.3) is 11.6 Å². The van der Waals surface area contributed by atoms with Crippen LogP contribution in [0, 0.1) is 28.4 Å². The summed E-state index contributed by atoms with van der Waals surface area (Å²) < 4.78 is 0. The van der Waals surface area contributed by atoms with Crippen LogP contribution in [-0.2, 0) is 4.79 Å². The van der Waals surface area contributed by atoms with Gasteiger partial charge in [0.15, 0.2) is 0 Å². The number of aromatic nitrogens is 1. The summed E-state index contributed by atoms with van der Waals surface area (Å²) in [5, 5.41) is 25.4. The van der Waals surface area contributed by atoms with Crippen molar-refractivity contribution in [1.82, 2.24) is 4.98 Å². The van der Waals surface area contributed by atoms with Gasteiger partial charge in [0, 0.05) is 33.3 Å². The van der Waals surface area contributed by atoms with Crippen LogP contribution < -0.4 is 5.32 Å². The molecule has 0 aliphatic rings. The van der Waals surface area contributed by atoms with Crippen molar-refractivity contribution < 1.29 is 9.72 Å². The third-order valence-corrected chi connectivity index (χ3v) is 6.62. The summed E-state index contributed by atoms with van der Waals surface area (Å²) in [5.74, 6) is -0.643. The minimum absolute atomic E-state index is 0.139. The summed E-state index contributed by atoms with van der Waals surface area (Å²) >= 11 is 7.33. The second-order valence-corrected chi connectivity index (χ2v) is 9.00. The lowest BCUT2D eigenvalue weighted by atomic mass is 10.1. The molecule has 1 aromatic heterocycles. The van der Waals surface area contributed by atoms with Crippen molar-refractivity contribution in [2.75, 3.05) is 5.32 Å². The predicted octanol–water partition coefficient (Wildman–Crippen LogP) is 6.80. The largest absolute Gasteiger partial charge is 0.321 e. The lowest BCUT2D eigenvalue weighted by Gasteiger charge is -2.08. The van der Waals surface area contributed by atoms with E-state index in [1.165, 1.54) is 23.9 Å². The number of para-hydroxylation sites is 1. The Morgan fingerprint density at radius 1 is 1.14 bits per heavy atom. The van der Waals surface area contributed by atoms with Gasteiger partial charge in [0.2, 0.25) is 0 Å². The summed E-state index contributed by atoms with van der Waals surface area (Å²) in [6.45, 7) is 1.83. The summed E-state index contributed by atoms with van der Waals surface area (Å²) in [6, 6.07) is 20.8. The molecule has 1 N–H and O–H groups in total. The quantitative estimate of drug-likeness (QED) is 0.135. The van der Waals surface area contributed by atoms with Crippen LogP contribution >= 0.6 is 23.4 Å². The van der Waals surface area contributed by atoms with Crippen molar-refractivity contribution in [3.63, 3.8) is 0 Å². The topological polar surface area (TPSA) is 109 Å². The lowest BCUT2D eigenvalue weighted by molar-refractivity contribution is -0.387. The first-order chi connectivity index (χ1) is 16.9. The highest BCUT2D eigenvalue weighted by Gasteiger charge is 2.18. The number of amides is 1. The maximum Gasteiger partial charge on any atom is 0.283 e. The van der Waals surface area contributed by atoms with Crippen molar-refractivity contribution in [2.45, 2.75) is 16.7 Å². The highest BCUT2D eigenvalue weighted by molar-refractivity contribution is 7.99. The number of halogens is 1. The third-order valence-electron chi connectivity index (χ3n) is 5.10. The zero-order valence-electron chi connectivity index (χ0n) is 18.4. The van der Waals surface area contributed by atoms with E-state index in [9.17, 15) is 20.2 Å². The van der Waals surface area contributed by atoms with Crippen molar-refractivity contribution in [3.05, 3.63) is 105 Å². The first-order valence-corrected chi connectivity index (χ1v) is 11.5. The van der Waals surface area contributed by atoms with Crippen LogP contribution in [-0.4, -0.2) is 15.8 Å². The fourth-order valence-electron chi connectivity index (χ4n) is 3.31. The molecule has 35 heavy (non-hydrogen) atoms. The van der Waals surface area contributed by atoms with Crippen LogP contribution in [0.4, 0.5) is 11.4 Å². The number of nitrogens with one attached hydrogen (secondary N) is 1. The van der Waals surface area contributed by atoms with Gasteiger partial charge in [-0.2, -0.15) is 5.26 Å². The average molecular weight is 501 g/mol. The second kappa shape index (κ2) is 10.4. The van der Waals surface area contributed by atoms with E-state index < -0.39 is 10.8 Å². The molecule has 0 aliphatic heterocycles. The van der Waals surface area contributed by atoms with Gasteiger partial charge in [0.05, 0.1) is 15.3 Å². The average Bonchev–Trinajstić information content (AvgIpc) is 2.85. The maximum atomic E-state index is 12.6. The van der Waals surface area contributed by atoms with Crippen molar-refractivity contribution in [1.29, 1.82) is 5.26 Å². The molecule has 0 aliphatic carbocycles. The fraction of sp³-hybridized carbons (Fsp3) is 0.0385. The van der Waals surface area contributed by atoms with E-state index in [0.29, 0.717) is 21.2 Å². The Balaban J connectivity index is 1.63. The van der Waals surface area contributed by atoms with E-state index in [1.807, 2.05) is 43.3 Å². The zero-order valence-corrected chi connectivity index (χ0v) is 19.9. The molecule has 0 saturated heterocycles. The number of anilines is 1. The van der Waals surface area contributed by atoms with Gasteiger partial charge < -0.3 is 5.32 Å². The highest BCUT2D eigenvalue weighted by Crippen LogP contribution is 2.38. The summed E-state index contributed by atoms with van der Waals surface area (Å²) in [7, 11) is 0. The molecule has 4 aromatic rings. The Bertz CT molecular complexity index is 1540. The first kappa shape index (κ1) is 24.0. The van der Waals surface area contributed by atoms with Gasteiger partial charge in [-0.25, -0.2) is 0 Å². The summed E-state index contributed by atoms with van der Waals surface area (Å²) in [5.41, 5.74) is 2.05. The van der Waals surface area contributed by atoms with E-state index in [1.54, 1.807) is 36.5 Å². The van der Waals surface area contributed by atoms with E-state index in [2.05, 4.69) is 10.3 Å². The van der Waals surface area contributed by atoms with Gasteiger partial charge in [-0.15, -0.1) is 0 Å². The number of carbonyl (C=O) groups is 1. The molecule has 4 rings (SSSR count). The molecule has 172 valence electrons. The molecule has 0 saturated carbocycles. The molecular weight excluding hydrogens is 484 g/mol. The molecule has 0 unspecified atom stereocenters. The van der Waals surface area contributed by atoms with Crippen LogP contribution in [0.1, 0.15) is 11.1 Å². The molecule has 9 heteroatoms. The minimum Gasteiger partial charge on any atom is -0.321 e. The molecule has 0 fully saturated rings. The second-order valence-electron chi connectivity index (χ2n) is 7.51. The van der Waals surface area contributed by atoms with E-state index >= 15 is 0 Å². The number of aryl methyl sites for hydroxylation is 1. The van der Waals surface area contributed by atoms with Gasteiger partial charge >= 0.3 is 0 Å². The van der Waals surface area contributed by atoms with Crippen LogP contribution in [0.25, 0.3) is 17.0 Å². The van der Waals surface area contributed by atoms with Gasteiger partial charge in [-0.3, -0.25) is 19.9 Å². The fourth-order valence-corrected chi connectivity index (χ4v) is 4.52. The number of hydrogen-bond donors (Lipinski definition) is 1. The zero-order chi connectivity index (χ0) is 24.9. The van der Waals surface area contributed by atoms with Gasteiger partial charge in [0.1, 0.15) is 11.6 Å². The van der Waals surface area contributed by atoms with Crippen molar-refractivity contribution in [3.8, 4) is 6.07 Å². The van der Waals surface area contributed by atoms with Gasteiger partial charge in [-0.05, 0) is 54.5 Å². The number of benzene rings is 3. The number of nitriles is 1. The maximum absolute atomic E-state index is 12.6. The number of fused-ring (bicyclic) bond motifs is 1. The Kier molecular flexibility index (Phi) is 7.11. The summed E-state index contributed by atoms with van der Waals surface area (Å²) in [4.78, 5) is 29.5. The number of pyridine rings is 1. The predicted molar refractivity (Wildman–Crippen MR) is 137 cm³/mol. The van der Waals surface area contributed by atoms with E-state index in [-0.39, 0.29) is 11.3 Å². The monoisotopic (exact) mass is 500 g/mol. The van der Waals surface area contributed by atoms with Gasteiger partial charge in [-0.1, -0.05) is 53.7 Å². The van der Waals surface area contributed by atoms with Crippen LogP contribution in [0.15, 0.2) is 88.3 Å². The number of nitrogens with zero attached hydrogens (tertiary/aromatic N) is 3. The Hall–Kier alpha value is -4.19. The molecule has 1 heterocycles. The minimum atomic E-state index is -0.643.